The Bertz CT molecular complexity index is 1550. The first-order valence-electron chi connectivity index (χ1n) is 11.6. The minimum absolute atomic E-state index is 0.0882. The molecule has 6 heteroatoms. The number of carboxylic acids is 1. The molecule has 4 aromatic carbocycles. The van der Waals surface area contributed by atoms with Crippen molar-refractivity contribution in [3.8, 4) is 16.9 Å². The van der Waals surface area contributed by atoms with E-state index in [9.17, 15) is 9.90 Å². The van der Waals surface area contributed by atoms with E-state index < -0.39 is 5.97 Å². The van der Waals surface area contributed by atoms with Gasteiger partial charge in [-0.2, -0.15) is 5.10 Å². The standard InChI is InChI=1S/C29H27N3O3/c1-18(2)32-27-12-10-22(19-7-8-21-14-24(30)11-9-20(21)13-19)15-25(27)26(31-32)17-35-28-6-4-3-5-23(28)16-29(33)34/h3-15,18H,16-17,30H2,1-2H3,(H,33,34). The van der Waals surface area contributed by atoms with Crippen molar-refractivity contribution >= 4 is 33.3 Å². The third-order valence-electron chi connectivity index (χ3n) is 6.15. The summed E-state index contributed by atoms with van der Waals surface area (Å²) in [6, 6.07) is 26.1. The number of nitrogen functional groups attached to an aromatic ring is 1. The highest BCUT2D eigenvalue weighted by molar-refractivity contribution is 5.92. The van der Waals surface area contributed by atoms with Gasteiger partial charge in [-0.1, -0.05) is 42.5 Å². The van der Waals surface area contributed by atoms with Crippen molar-refractivity contribution in [3.05, 3.63) is 90.1 Å². The number of carbonyl (C=O) groups is 1. The summed E-state index contributed by atoms with van der Waals surface area (Å²) >= 11 is 0. The maximum Gasteiger partial charge on any atom is 0.307 e. The number of rotatable bonds is 7. The number of aromatic nitrogens is 2. The molecule has 0 bridgehead atoms. The van der Waals surface area contributed by atoms with Gasteiger partial charge in [0.25, 0.3) is 0 Å². The third kappa shape index (κ3) is 4.55. The third-order valence-corrected chi connectivity index (χ3v) is 6.15. The van der Waals surface area contributed by atoms with E-state index in [0.717, 1.165) is 44.2 Å². The molecule has 5 aromatic rings. The Hall–Kier alpha value is -4.32. The van der Waals surface area contributed by atoms with Crippen molar-refractivity contribution < 1.29 is 14.6 Å². The molecule has 1 heterocycles. The number of benzene rings is 4. The summed E-state index contributed by atoms with van der Waals surface area (Å²) in [6.07, 6.45) is -0.0882. The number of nitrogens with zero attached hydrogens (tertiary/aromatic N) is 2. The number of nitrogens with two attached hydrogens (primary N) is 1. The average molecular weight is 466 g/mol. The molecule has 0 amide bonds. The van der Waals surface area contributed by atoms with Gasteiger partial charge in [-0.15, -0.1) is 0 Å². The van der Waals surface area contributed by atoms with Crippen LogP contribution < -0.4 is 10.5 Å². The second kappa shape index (κ2) is 9.14. The van der Waals surface area contributed by atoms with Crippen LogP contribution in [0.25, 0.3) is 32.8 Å². The van der Waals surface area contributed by atoms with Gasteiger partial charge in [0, 0.05) is 22.7 Å². The molecule has 0 fully saturated rings. The summed E-state index contributed by atoms with van der Waals surface area (Å²) in [4.78, 5) is 11.2. The van der Waals surface area contributed by atoms with E-state index in [2.05, 4.69) is 50.2 Å². The average Bonchev–Trinajstić information content (AvgIpc) is 3.21. The van der Waals surface area contributed by atoms with E-state index in [-0.39, 0.29) is 19.1 Å². The first kappa shape index (κ1) is 22.5. The fourth-order valence-corrected chi connectivity index (χ4v) is 4.43. The van der Waals surface area contributed by atoms with Crippen LogP contribution in [0.3, 0.4) is 0 Å². The van der Waals surface area contributed by atoms with Gasteiger partial charge in [-0.05, 0) is 72.1 Å². The molecule has 0 spiro atoms. The maximum atomic E-state index is 11.2. The highest BCUT2D eigenvalue weighted by atomic mass is 16.5. The van der Waals surface area contributed by atoms with Crippen LogP contribution in [0.15, 0.2) is 78.9 Å². The van der Waals surface area contributed by atoms with E-state index >= 15 is 0 Å². The first-order valence-corrected chi connectivity index (χ1v) is 11.6. The topological polar surface area (TPSA) is 90.4 Å². The van der Waals surface area contributed by atoms with Gasteiger partial charge in [0.1, 0.15) is 18.1 Å². The lowest BCUT2D eigenvalue weighted by atomic mass is 9.99. The van der Waals surface area contributed by atoms with Gasteiger partial charge >= 0.3 is 5.97 Å². The fourth-order valence-electron chi connectivity index (χ4n) is 4.43. The van der Waals surface area contributed by atoms with E-state index in [0.29, 0.717) is 11.3 Å². The highest BCUT2D eigenvalue weighted by Crippen LogP contribution is 2.31. The summed E-state index contributed by atoms with van der Waals surface area (Å²) in [5.41, 5.74) is 11.4. The van der Waals surface area contributed by atoms with Crippen molar-refractivity contribution in [2.45, 2.75) is 32.9 Å². The Morgan fingerprint density at radius 3 is 2.49 bits per heavy atom. The van der Waals surface area contributed by atoms with Crippen LogP contribution in [-0.4, -0.2) is 20.9 Å². The SMILES string of the molecule is CC(C)n1nc(COc2ccccc2CC(=O)O)c2cc(-c3ccc4cc(N)ccc4c3)ccc21. The van der Waals surface area contributed by atoms with Crippen molar-refractivity contribution in [1.82, 2.24) is 9.78 Å². The lowest BCUT2D eigenvalue weighted by molar-refractivity contribution is -0.136. The molecular formula is C29H27N3O3. The minimum atomic E-state index is -0.890. The molecule has 6 nitrogen and oxygen atoms in total. The molecule has 35 heavy (non-hydrogen) atoms. The molecule has 1 aromatic heterocycles. The number of hydrogen-bond donors (Lipinski definition) is 2. The maximum absolute atomic E-state index is 11.2. The summed E-state index contributed by atoms with van der Waals surface area (Å²) in [6.45, 7) is 4.44. The number of fused-ring (bicyclic) bond motifs is 2. The van der Waals surface area contributed by atoms with Crippen molar-refractivity contribution in [1.29, 1.82) is 0 Å². The summed E-state index contributed by atoms with van der Waals surface area (Å²) in [7, 11) is 0. The summed E-state index contributed by atoms with van der Waals surface area (Å²) in [5, 5.41) is 17.3. The number of para-hydroxylation sites is 1. The Labute approximate surface area is 203 Å². The predicted octanol–water partition coefficient (Wildman–Crippen LogP) is 6.23. The molecule has 5 rings (SSSR count). The van der Waals surface area contributed by atoms with Gasteiger partial charge in [-0.25, -0.2) is 0 Å². The van der Waals surface area contributed by atoms with Gasteiger partial charge in [0.2, 0.25) is 0 Å². The lowest BCUT2D eigenvalue weighted by Crippen LogP contribution is -2.06. The molecule has 0 radical (unpaired) electrons. The summed E-state index contributed by atoms with van der Waals surface area (Å²) in [5.74, 6) is -0.328. The van der Waals surface area contributed by atoms with Crippen LogP contribution in [0, 0.1) is 0 Å². The predicted molar refractivity (Wildman–Crippen MR) is 140 cm³/mol. The van der Waals surface area contributed by atoms with Crippen LogP contribution in [0.4, 0.5) is 5.69 Å². The lowest BCUT2D eigenvalue weighted by Gasteiger charge is -2.09. The molecule has 0 saturated heterocycles. The molecule has 0 atom stereocenters. The second-order valence-corrected chi connectivity index (χ2v) is 9.01. The Morgan fingerprint density at radius 1 is 0.971 bits per heavy atom. The van der Waals surface area contributed by atoms with E-state index in [1.807, 2.05) is 35.0 Å². The zero-order valence-electron chi connectivity index (χ0n) is 19.7. The highest BCUT2D eigenvalue weighted by Gasteiger charge is 2.16. The molecule has 0 aliphatic rings. The van der Waals surface area contributed by atoms with Crippen LogP contribution in [0.2, 0.25) is 0 Å². The monoisotopic (exact) mass is 465 g/mol. The van der Waals surface area contributed by atoms with E-state index in [1.54, 1.807) is 12.1 Å². The molecule has 0 unspecified atom stereocenters. The number of anilines is 1. The second-order valence-electron chi connectivity index (χ2n) is 9.01. The van der Waals surface area contributed by atoms with Gasteiger partial charge in [0.15, 0.2) is 0 Å². The van der Waals surface area contributed by atoms with Gasteiger partial charge in [0.05, 0.1) is 11.9 Å². The normalized spacial score (nSPS) is 11.4. The van der Waals surface area contributed by atoms with Crippen LogP contribution in [0.1, 0.15) is 31.1 Å². The Balaban J connectivity index is 1.53. The van der Waals surface area contributed by atoms with Crippen LogP contribution in [-0.2, 0) is 17.8 Å². The Kier molecular flexibility index (Phi) is 5.87. The van der Waals surface area contributed by atoms with Gasteiger partial charge in [-0.3, -0.25) is 9.48 Å². The van der Waals surface area contributed by atoms with Crippen molar-refractivity contribution in [2.24, 2.45) is 0 Å². The first-order chi connectivity index (χ1) is 16.9. The van der Waals surface area contributed by atoms with E-state index in [4.69, 9.17) is 15.6 Å². The van der Waals surface area contributed by atoms with Crippen LogP contribution in [0.5, 0.6) is 5.75 Å². The summed E-state index contributed by atoms with van der Waals surface area (Å²) < 4.78 is 8.09. The van der Waals surface area contributed by atoms with Crippen molar-refractivity contribution in [3.63, 3.8) is 0 Å². The minimum Gasteiger partial charge on any atom is -0.487 e. The number of carboxylic acid groups (broad SMARTS) is 1. The number of aliphatic carboxylic acids is 1. The Morgan fingerprint density at radius 2 is 1.69 bits per heavy atom. The molecule has 176 valence electrons. The van der Waals surface area contributed by atoms with Crippen molar-refractivity contribution in [2.75, 3.05) is 5.73 Å². The molecule has 0 aliphatic heterocycles. The quantitative estimate of drug-likeness (QED) is 0.278. The smallest absolute Gasteiger partial charge is 0.307 e. The number of ether oxygens (including phenoxy) is 1. The zero-order chi connectivity index (χ0) is 24.5. The van der Waals surface area contributed by atoms with Gasteiger partial charge < -0.3 is 15.6 Å². The fraction of sp³-hybridized carbons (Fsp3) is 0.172. The van der Waals surface area contributed by atoms with Crippen LogP contribution >= 0.6 is 0 Å². The molecule has 3 N–H and O–H groups in total. The number of hydrogen-bond acceptors (Lipinski definition) is 4. The zero-order valence-corrected chi connectivity index (χ0v) is 19.7. The molecule has 0 saturated carbocycles. The largest absolute Gasteiger partial charge is 0.487 e. The molecule has 0 aliphatic carbocycles. The van der Waals surface area contributed by atoms with E-state index in [1.165, 1.54) is 0 Å². The molecular weight excluding hydrogens is 438 g/mol.